The Labute approximate surface area is 582 Å². The van der Waals surface area contributed by atoms with E-state index in [0.717, 1.165) is 57.6 Å². The van der Waals surface area contributed by atoms with Gasteiger partial charge in [0.05, 0.1) is 53.1 Å². The Morgan fingerprint density at radius 3 is 1.40 bits per heavy atom. The molecule has 1 saturated heterocycles. The van der Waals surface area contributed by atoms with E-state index in [4.69, 9.17) is 32.7 Å². The van der Waals surface area contributed by atoms with Gasteiger partial charge in [-0.1, -0.05) is 62.4 Å². The van der Waals surface area contributed by atoms with Gasteiger partial charge in [0, 0.05) is 146 Å². The van der Waals surface area contributed by atoms with E-state index in [-0.39, 0.29) is 148 Å². The highest BCUT2D eigenvalue weighted by molar-refractivity contribution is 8.20. The number of ether oxygens (including phenoxy) is 2. The van der Waals surface area contributed by atoms with Gasteiger partial charge in [0.2, 0.25) is 41.4 Å². The lowest BCUT2D eigenvalue weighted by Crippen LogP contribution is -2.64. The summed E-state index contributed by atoms with van der Waals surface area (Å²) in [7, 11) is 0. The quantitative estimate of drug-likeness (QED) is 0.109. The lowest BCUT2D eigenvalue weighted by atomic mass is 9.94. The molecule has 6 aliphatic rings. The van der Waals surface area contributed by atoms with E-state index >= 15 is 0 Å². The number of Topliss-reactive ketones (excluding diaryl/α,β-unsaturated/α-hetero) is 3. The second-order valence-electron chi connectivity index (χ2n) is 25.0. The molecule has 0 spiro atoms. The van der Waals surface area contributed by atoms with Crippen LogP contribution in [0.25, 0.3) is 21.5 Å². The molecule has 0 aliphatic carbocycles. The molecule has 10 rings (SSSR count). The van der Waals surface area contributed by atoms with Crippen molar-refractivity contribution in [3.05, 3.63) is 93.8 Å². The standard InChI is InChI=1S/C69H75Cl2N9O16S2/c1-36-25-51(82)38(3)73-55(84)18-22-95-21-10-15-50(81)63-64(80-60(89)30-54(69(80)94)98-35-97-53-29-59(88)79(63)68(53)93)67(92)72-20-24-96-23-19-56(85)74-39(4)52(83)26-37(2)66(91)76-47-28-49-62(45-14-8-6-12-43(45)47)41(32-71)34-78(49)58(87)17-9-16-57(86)77-33-40(31-70)61-44-13-7-5-11-42(44)46(27-48(61)77)75-65(36)90/h5-8,11-14,27-30,36-41,63-64H,9-10,15-26,31-35H2,1-4H3,(H,72,92)(H,73,84)(H,74,85)(H,75,90)(H,76,91). The fourth-order valence-corrected chi connectivity index (χ4v) is 15.6. The van der Waals surface area contributed by atoms with Crippen LogP contribution in [0.2, 0.25) is 0 Å². The van der Waals surface area contributed by atoms with Crippen LogP contribution in [0, 0.1) is 11.8 Å². The Morgan fingerprint density at radius 1 is 0.500 bits per heavy atom. The first-order chi connectivity index (χ1) is 47.0. The highest BCUT2D eigenvalue weighted by atomic mass is 35.5. The topological polar surface area (TPSA) is 331 Å². The third kappa shape index (κ3) is 15.9. The Morgan fingerprint density at radius 2 is 0.939 bits per heavy atom. The highest BCUT2D eigenvalue weighted by Gasteiger charge is 2.53. The summed E-state index contributed by atoms with van der Waals surface area (Å²) < 4.78 is 11.3. The Hall–Kier alpha value is -8.34. The first-order valence-corrected chi connectivity index (χ1v) is 35.5. The van der Waals surface area contributed by atoms with Gasteiger partial charge in [0.25, 0.3) is 23.6 Å². The van der Waals surface area contributed by atoms with E-state index in [1.165, 1.54) is 13.8 Å². The number of rotatable bonds is 2. The molecule has 0 radical (unpaired) electrons. The second kappa shape index (κ2) is 32.1. The molecule has 0 aromatic heterocycles. The van der Waals surface area contributed by atoms with Crippen molar-refractivity contribution >= 4 is 173 Å². The minimum atomic E-state index is -2.05. The molecule has 29 heteroatoms. The minimum Gasteiger partial charge on any atom is -0.381 e. The Balaban J connectivity index is 0.865. The maximum absolute atomic E-state index is 14.5. The molecule has 8 unspecified atom stereocenters. The summed E-state index contributed by atoms with van der Waals surface area (Å²) in [5.41, 5.74) is 3.49. The highest BCUT2D eigenvalue weighted by Crippen LogP contribution is 2.48. The summed E-state index contributed by atoms with van der Waals surface area (Å²) in [6.45, 7) is 5.50. The maximum atomic E-state index is 14.5. The van der Waals surface area contributed by atoms with E-state index in [0.29, 0.717) is 43.3 Å². The number of carbonyl (C=O) groups excluding carboxylic acids is 14. The van der Waals surface area contributed by atoms with Crippen LogP contribution >= 0.6 is 46.7 Å². The van der Waals surface area contributed by atoms with Crippen LogP contribution in [-0.4, -0.2) is 179 Å². The van der Waals surface area contributed by atoms with Crippen molar-refractivity contribution in [3.8, 4) is 0 Å². The lowest BCUT2D eigenvalue weighted by molar-refractivity contribution is -0.156. The van der Waals surface area contributed by atoms with Crippen molar-refractivity contribution in [3.63, 3.8) is 0 Å². The molecule has 98 heavy (non-hydrogen) atoms. The molecule has 6 heterocycles. The summed E-state index contributed by atoms with van der Waals surface area (Å²) in [5.74, 6) is -11.3. The zero-order valence-electron chi connectivity index (χ0n) is 54.4. The molecule has 4 aromatic rings. The van der Waals surface area contributed by atoms with Gasteiger partial charge in [0.15, 0.2) is 17.3 Å². The smallest absolute Gasteiger partial charge is 0.268 e. The van der Waals surface area contributed by atoms with Crippen molar-refractivity contribution in [2.24, 2.45) is 11.8 Å². The van der Waals surface area contributed by atoms with Crippen molar-refractivity contribution in [2.45, 2.75) is 121 Å². The van der Waals surface area contributed by atoms with Crippen LogP contribution in [0.1, 0.15) is 108 Å². The van der Waals surface area contributed by atoms with Crippen molar-refractivity contribution in [2.75, 3.05) is 83.3 Å². The predicted molar refractivity (Wildman–Crippen MR) is 369 cm³/mol. The molecular formula is C69H75Cl2N9O16S2. The lowest BCUT2D eigenvalue weighted by Gasteiger charge is -2.35. The number of alkyl halides is 2. The number of halogens is 2. The molecule has 8 bridgehead atoms. The molecule has 25 nitrogen and oxygen atoms in total. The SMILES string of the molecule is CC1CC(=O)C(C)NC(=O)CCOCCCC(=O)C2C(C(=O)NCCOCCC(=O)NC(C)C(=O)CC(C)C(=O)Nc3cc4c(c5ccccc35)C(CCl)CN4C(=O)CCCC(=O)N3CC(CCl)c4c3cc(c3ccccc43)NC1=O)N1C(=O)C=C(SCSC3=CC(=O)N2C3=O)C1=O. The van der Waals surface area contributed by atoms with E-state index in [1.54, 1.807) is 35.8 Å². The number of anilines is 4. The van der Waals surface area contributed by atoms with Gasteiger partial charge in [0.1, 0.15) is 12.1 Å². The van der Waals surface area contributed by atoms with E-state index in [1.807, 2.05) is 48.5 Å². The average molecular weight is 1420 g/mol. The van der Waals surface area contributed by atoms with E-state index in [9.17, 15) is 67.1 Å². The van der Waals surface area contributed by atoms with Gasteiger partial charge in [-0.3, -0.25) is 76.9 Å². The number of carbonyl (C=O) groups is 14. The molecule has 6 aliphatic heterocycles. The van der Waals surface area contributed by atoms with Crippen LogP contribution < -0.4 is 36.4 Å². The number of fused-ring (bicyclic) bond motifs is 15. The van der Waals surface area contributed by atoms with Crippen molar-refractivity contribution in [1.82, 2.24) is 25.8 Å². The van der Waals surface area contributed by atoms with Gasteiger partial charge in [-0.25, -0.2) is 0 Å². The first-order valence-electron chi connectivity index (χ1n) is 32.5. The van der Waals surface area contributed by atoms with Crippen LogP contribution in [0.4, 0.5) is 22.7 Å². The van der Waals surface area contributed by atoms with Gasteiger partial charge in [-0.2, -0.15) is 0 Å². The number of hydrogen-bond acceptors (Lipinski definition) is 18. The number of ketones is 3. The summed E-state index contributed by atoms with van der Waals surface area (Å²) in [6, 6.07) is 12.1. The monoisotopic (exact) mass is 1420 g/mol. The molecule has 1 fully saturated rings. The van der Waals surface area contributed by atoms with Crippen LogP contribution in [0.3, 0.4) is 0 Å². The fourth-order valence-electron chi connectivity index (χ4n) is 13.0. The Kier molecular flexibility index (Phi) is 23.7. The van der Waals surface area contributed by atoms with Gasteiger partial charge >= 0.3 is 0 Å². The zero-order valence-corrected chi connectivity index (χ0v) is 57.5. The van der Waals surface area contributed by atoms with Crippen LogP contribution in [0.5, 0.6) is 0 Å². The van der Waals surface area contributed by atoms with E-state index in [2.05, 4.69) is 26.6 Å². The maximum Gasteiger partial charge on any atom is 0.268 e. The third-order valence-corrected chi connectivity index (χ3v) is 21.1. The number of imide groups is 2. The number of amides is 11. The number of benzene rings is 4. The fraction of sp³-hybridized carbons (Fsp3) is 0.449. The first kappa shape index (κ1) is 72.4. The summed E-state index contributed by atoms with van der Waals surface area (Å²) in [4.78, 5) is 198. The molecule has 11 amide bonds. The minimum absolute atomic E-state index is 0.0196. The summed E-state index contributed by atoms with van der Waals surface area (Å²) in [5, 5.41) is 16.7. The Bertz CT molecular complexity index is 3780. The number of hydrogen-bond donors (Lipinski definition) is 5. The molecule has 0 saturated carbocycles. The van der Waals surface area contributed by atoms with E-state index < -0.39 is 113 Å². The second-order valence-corrected chi connectivity index (χ2v) is 28.0. The average Bonchev–Trinajstić information content (AvgIpc) is 1.53. The van der Waals surface area contributed by atoms with Gasteiger partial charge in [-0.05, 0) is 60.7 Å². The van der Waals surface area contributed by atoms with Crippen LogP contribution in [0.15, 0.2) is 82.6 Å². The molecule has 8 atom stereocenters. The molecule has 4 aromatic carbocycles. The molecule has 518 valence electrons. The zero-order chi connectivity index (χ0) is 70.2. The van der Waals surface area contributed by atoms with Gasteiger partial charge < -0.3 is 45.9 Å². The van der Waals surface area contributed by atoms with Gasteiger partial charge in [-0.15, -0.1) is 46.7 Å². The summed E-state index contributed by atoms with van der Waals surface area (Å²) in [6.07, 6.45) is 0.658. The van der Waals surface area contributed by atoms with Crippen molar-refractivity contribution < 1.29 is 76.6 Å². The number of thioether (sulfide) groups is 2. The summed E-state index contributed by atoms with van der Waals surface area (Å²) >= 11 is 15.0. The molecular weight excluding hydrogens is 1350 g/mol. The number of nitrogens with zero attached hydrogens (tertiary/aromatic N) is 4. The predicted octanol–water partition coefficient (Wildman–Crippen LogP) is 6.25. The van der Waals surface area contributed by atoms with Crippen molar-refractivity contribution in [1.29, 1.82) is 0 Å². The normalized spacial score (nSPS) is 25.8. The largest absolute Gasteiger partial charge is 0.381 e. The third-order valence-electron chi connectivity index (χ3n) is 18.2. The number of nitrogens with one attached hydrogen (secondary N) is 5. The molecule has 5 N–H and O–H groups in total. The van der Waals surface area contributed by atoms with Crippen LogP contribution in [-0.2, 0) is 76.6 Å².